The Morgan fingerprint density at radius 2 is 2.21 bits per heavy atom. The standard InChI is InChI=1S/C14H23N3O2/c1-3-17(8-9-19-4-2)11-14(18)16-13-7-5-6-12(15)10-13/h5-7,10H,3-4,8-9,11,15H2,1-2H3,(H,16,18). The molecule has 0 radical (unpaired) electrons. The Morgan fingerprint density at radius 1 is 1.42 bits per heavy atom. The van der Waals surface area contributed by atoms with Gasteiger partial charge < -0.3 is 15.8 Å². The highest BCUT2D eigenvalue weighted by Crippen LogP contribution is 2.11. The lowest BCUT2D eigenvalue weighted by Gasteiger charge is -2.19. The van der Waals surface area contributed by atoms with Crippen LogP contribution in [0.1, 0.15) is 13.8 Å². The molecule has 0 fully saturated rings. The quantitative estimate of drug-likeness (QED) is 0.553. The van der Waals surface area contributed by atoms with Crippen molar-refractivity contribution in [2.45, 2.75) is 13.8 Å². The minimum Gasteiger partial charge on any atom is -0.399 e. The van der Waals surface area contributed by atoms with Crippen LogP contribution >= 0.6 is 0 Å². The van der Waals surface area contributed by atoms with Crippen molar-refractivity contribution in [2.24, 2.45) is 0 Å². The van der Waals surface area contributed by atoms with E-state index in [1.54, 1.807) is 12.1 Å². The van der Waals surface area contributed by atoms with E-state index in [9.17, 15) is 4.79 Å². The van der Waals surface area contributed by atoms with Crippen molar-refractivity contribution in [1.29, 1.82) is 0 Å². The number of hydrogen-bond acceptors (Lipinski definition) is 4. The van der Waals surface area contributed by atoms with E-state index < -0.39 is 0 Å². The molecule has 0 spiro atoms. The number of amides is 1. The molecule has 106 valence electrons. The van der Waals surface area contributed by atoms with E-state index in [1.807, 2.05) is 30.9 Å². The molecule has 0 atom stereocenters. The van der Waals surface area contributed by atoms with E-state index in [0.29, 0.717) is 25.4 Å². The highest BCUT2D eigenvalue weighted by molar-refractivity contribution is 5.92. The molecule has 3 N–H and O–H groups in total. The van der Waals surface area contributed by atoms with Crippen molar-refractivity contribution in [3.8, 4) is 0 Å². The number of ether oxygens (including phenoxy) is 1. The average Bonchev–Trinajstić information content (AvgIpc) is 2.37. The predicted octanol–water partition coefficient (Wildman–Crippen LogP) is 1.57. The fraction of sp³-hybridized carbons (Fsp3) is 0.500. The van der Waals surface area contributed by atoms with E-state index >= 15 is 0 Å². The van der Waals surface area contributed by atoms with E-state index in [4.69, 9.17) is 10.5 Å². The van der Waals surface area contributed by atoms with Gasteiger partial charge in [-0.15, -0.1) is 0 Å². The predicted molar refractivity (Wildman–Crippen MR) is 78.1 cm³/mol. The summed E-state index contributed by atoms with van der Waals surface area (Å²) in [6.45, 7) is 7.27. The Kier molecular flexibility index (Phi) is 6.92. The summed E-state index contributed by atoms with van der Waals surface area (Å²) in [6, 6.07) is 7.17. The summed E-state index contributed by atoms with van der Waals surface area (Å²) in [5.74, 6) is -0.0380. The maximum atomic E-state index is 11.9. The lowest BCUT2D eigenvalue weighted by atomic mass is 10.3. The SMILES string of the molecule is CCOCCN(CC)CC(=O)Nc1cccc(N)c1. The van der Waals surface area contributed by atoms with Crippen molar-refractivity contribution in [3.05, 3.63) is 24.3 Å². The smallest absolute Gasteiger partial charge is 0.238 e. The third kappa shape index (κ3) is 6.22. The Morgan fingerprint density at radius 3 is 2.84 bits per heavy atom. The van der Waals surface area contributed by atoms with Crippen LogP contribution in [0.15, 0.2) is 24.3 Å². The molecule has 1 amide bonds. The maximum Gasteiger partial charge on any atom is 0.238 e. The van der Waals surface area contributed by atoms with Crippen molar-refractivity contribution in [1.82, 2.24) is 4.90 Å². The van der Waals surface area contributed by atoms with Crippen LogP contribution in [0.5, 0.6) is 0 Å². The number of hydrogen-bond donors (Lipinski definition) is 2. The van der Waals surface area contributed by atoms with Crippen LogP contribution in [0.3, 0.4) is 0 Å². The van der Waals surface area contributed by atoms with Gasteiger partial charge in [-0.25, -0.2) is 0 Å². The third-order valence-electron chi connectivity index (χ3n) is 2.74. The van der Waals surface area contributed by atoms with E-state index in [-0.39, 0.29) is 5.91 Å². The van der Waals surface area contributed by atoms with Gasteiger partial charge in [0.15, 0.2) is 0 Å². The molecule has 5 heteroatoms. The van der Waals surface area contributed by atoms with Gasteiger partial charge in [0, 0.05) is 24.5 Å². The number of carbonyl (C=O) groups is 1. The summed E-state index contributed by atoms with van der Waals surface area (Å²) in [4.78, 5) is 13.9. The highest BCUT2D eigenvalue weighted by atomic mass is 16.5. The zero-order chi connectivity index (χ0) is 14.1. The molecular weight excluding hydrogens is 242 g/mol. The molecule has 0 aliphatic carbocycles. The first kappa shape index (κ1) is 15.5. The molecule has 0 bridgehead atoms. The van der Waals surface area contributed by atoms with Gasteiger partial charge in [0.05, 0.1) is 13.2 Å². The molecule has 0 saturated carbocycles. The normalized spacial score (nSPS) is 10.7. The lowest BCUT2D eigenvalue weighted by Crippen LogP contribution is -2.35. The summed E-state index contributed by atoms with van der Waals surface area (Å²) in [6.07, 6.45) is 0. The van der Waals surface area contributed by atoms with Crippen LogP contribution < -0.4 is 11.1 Å². The third-order valence-corrected chi connectivity index (χ3v) is 2.74. The van der Waals surface area contributed by atoms with Crippen LogP contribution in [-0.4, -0.2) is 43.7 Å². The van der Waals surface area contributed by atoms with Crippen molar-refractivity contribution in [2.75, 3.05) is 43.9 Å². The number of benzene rings is 1. The van der Waals surface area contributed by atoms with Crippen molar-refractivity contribution >= 4 is 17.3 Å². The van der Waals surface area contributed by atoms with Gasteiger partial charge in [0.2, 0.25) is 5.91 Å². The van der Waals surface area contributed by atoms with Crippen LogP contribution in [-0.2, 0) is 9.53 Å². The Labute approximate surface area is 114 Å². The van der Waals surface area contributed by atoms with Crippen LogP contribution in [0.25, 0.3) is 0 Å². The molecule has 0 aromatic heterocycles. The Balaban J connectivity index is 2.40. The molecule has 0 aliphatic heterocycles. The first-order valence-corrected chi connectivity index (χ1v) is 6.61. The molecular formula is C14H23N3O2. The minimum absolute atomic E-state index is 0.0380. The Hall–Kier alpha value is -1.59. The monoisotopic (exact) mass is 265 g/mol. The van der Waals surface area contributed by atoms with E-state index in [0.717, 1.165) is 18.8 Å². The second-order valence-electron chi connectivity index (χ2n) is 4.24. The number of nitrogens with two attached hydrogens (primary N) is 1. The van der Waals surface area contributed by atoms with E-state index in [1.165, 1.54) is 0 Å². The summed E-state index contributed by atoms with van der Waals surface area (Å²) in [7, 11) is 0. The average molecular weight is 265 g/mol. The fourth-order valence-corrected chi connectivity index (χ4v) is 1.71. The second kappa shape index (κ2) is 8.50. The summed E-state index contributed by atoms with van der Waals surface area (Å²) < 4.78 is 5.29. The molecule has 1 aromatic rings. The first-order chi connectivity index (χ1) is 9.15. The first-order valence-electron chi connectivity index (χ1n) is 6.61. The summed E-state index contributed by atoms with van der Waals surface area (Å²) in [5.41, 5.74) is 7.03. The fourth-order valence-electron chi connectivity index (χ4n) is 1.71. The second-order valence-corrected chi connectivity index (χ2v) is 4.24. The van der Waals surface area contributed by atoms with Crippen LogP contribution in [0, 0.1) is 0 Å². The van der Waals surface area contributed by atoms with Crippen LogP contribution in [0.2, 0.25) is 0 Å². The van der Waals surface area contributed by atoms with Gasteiger partial charge in [0.25, 0.3) is 0 Å². The van der Waals surface area contributed by atoms with Crippen molar-refractivity contribution in [3.63, 3.8) is 0 Å². The zero-order valence-corrected chi connectivity index (χ0v) is 11.7. The van der Waals surface area contributed by atoms with E-state index in [2.05, 4.69) is 5.32 Å². The molecule has 0 saturated heterocycles. The molecule has 0 unspecified atom stereocenters. The number of nitrogens with zero attached hydrogens (tertiary/aromatic N) is 1. The molecule has 19 heavy (non-hydrogen) atoms. The Bertz CT molecular complexity index is 396. The van der Waals surface area contributed by atoms with Gasteiger partial charge in [-0.3, -0.25) is 9.69 Å². The van der Waals surface area contributed by atoms with Crippen LogP contribution in [0.4, 0.5) is 11.4 Å². The van der Waals surface area contributed by atoms with Gasteiger partial charge in [-0.1, -0.05) is 13.0 Å². The number of nitrogen functional groups attached to an aromatic ring is 1. The van der Waals surface area contributed by atoms with Gasteiger partial charge >= 0.3 is 0 Å². The van der Waals surface area contributed by atoms with Crippen molar-refractivity contribution < 1.29 is 9.53 Å². The number of rotatable bonds is 8. The summed E-state index contributed by atoms with van der Waals surface area (Å²) >= 11 is 0. The number of carbonyl (C=O) groups excluding carboxylic acids is 1. The zero-order valence-electron chi connectivity index (χ0n) is 11.7. The largest absolute Gasteiger partial charge is 0.399 e. The number of anilines is 2. The molecule has 1 rings (SSSR count). The maximum absolute atomic E-state index is 11.9. The summed E-state index contributed by atoms with van der Waals surface area (Å²) in [5, 5.41) is 2.84. The minimum atomic E-state index is -0.0380. The highest BCUT2D eigenvalue weighted by Gasteiger charge is 2.09. The topological polar surface area (TPSA) is 67.6 Å². The number of likely N-dealkylation sites (N-methyl/N-ethyl adjacent to an activating group) is 1. The molecule has 0 heterocycles. The molecule has 5 nitrogen and oxygen atoms in total. The van der Waals surface area contributed by atoms with Gasteiger partial charge in [-0.2, -0.15) is 0 Å². The lowest BCUT2D eigenvalue weighted by molar-refractivity contribution is -0.117. The molecule has 1 aromatic carbocycles. The van der Waals surface area contributed by atoms with Gasteiger partial charge in [0.1, 0.15) is 0 Å². The number of nitrogens with one attached hydrogen (secondary N) is 1. The van der Waals surface area contributed by atoms with Gasteiger partial charge in [-0.05, 0) is 31.7 Å². The molecule has 0 aliphatic rings.